The lowest BCUT2D eigenvalue weighted by atomic mass is 9.95. The second-order valence-corrected chi connectivity index (χ2v) is 4.85. The number of nitrogens with one attached hydrogen (secondary N) is 1. The van der Waals surface area contributed by atoms with Gasteiger partial charge >= 0.3 is 0 Å². The quantitative estimate of drug-likeness (QED) is 0.822. The van der Waals surface area contributed by atoms with Crippen LogP contribution in [0, 0.1) is 5.92 Å². The Labute approximate surface area is 98.0 Å². The van der Waals surface area contributed by atoms with Crippen molar-refractivity contribution in [3.63, 3.8) is 0 Å². The number of hydrogen-bond donors (Lipinski definition) is 1. The standard InChI is InChI=1S/C14H21NO/c1-4-15-10-12-9-14(12,2)11-5-7-13(16-3)8-6-11/h5-8,12,15H,4,9-10H2,1-3H3. The molecule has 1 aliphatic carbocycles. The highest BCUT2D eigenvalue weighted by molar-refractivity contribution is 5.36. The molecule has 0 aromatic heterocycles. The summed E-state index contributed by atoms with van der Waals surface area (Å²) in [4.78, 5) is 0. The summed E-state index contributed by atoms with van der Waals surface area (Å²) in [6.45, 7) is 6.72. The minimum absolute atomic E-state index is 0.383. The molecular weight excluding hydrogens is 198 g/mol. The Kier molecular flexibility index (Phi) is 3.20. The van der Waals surface area contributed by atoms with Crippen molar-refractivity contribution in [3.05, 3.63) is 29.8 Å². The maximum atomic E-state index is 5.18. The summed E-state index contributed by atoms with van der Waals surface area (Å²) in [5.74, 6) is 1.73. The van der Waals surface area contributed by atoms with Gasteiger partial charge in [-0.05, 0) is 48.5 Å². The van der Waals surface area contributed by atoms with Crippen LogP contribution in [-0.2, 0) is 5.41 Å². The summed E-state index contributed by atoms with van der Waals surface area (Å²) < 4.78 is 5.18. The van der Waals surface area contributed by atoms with Crippen LogP contribution >= 0.6 is 0 Å². The maximum Gasteiger partial charge on any atom is 0.118 e. The Bertz CT molecular complexity index is 346. The molecule has 0 radical (unpaired) electrons. The molecule has 0 aliphatic heterocycles. The van der Waals surface area contributed by atoms with Gasteiger partial charge in [-0.15, -0.1) is 0 Å². The van der Waals surface area contributed by atoms with Crippen molar-refractivity contribution in [2.45, 2.75) is 25.7 Å². The highest BCUT2D eigenvalue weighted by Crippen LogP contribution is 2.53. The van der Waals surface area contributed by atoms with Crippen LogP contribution in [0.2, 0.25) is 0 Å². The molecule has 0 amide bonds. The second-order valence-electron chi connectivity index (χ2n) is 4.85. The number of rotatable bonds is 5. The molecule has 1 aliphatic rings. The Morgan fingerprint density at radius 2 is 2.06 bits per heavy atom. The van der Waals surface area contributed by atoms with E-state index in [0.29, 0.717) is 5.41 Å². The number of methoxy groups -OCH3 is 1. The topological polar surface area (TPSA) is 21.3 Å². The molecule has 2 unspecified atom stereocenters. The Morgan fingerprint density at radius 1 is 1.38 bits per heavy atom. The van der Waals surface area contributed by atoms with E-state index in [-0.39, 0.29) is 0 Å². The SMILES string of the molecule is CCNCC1CC1(C)c1ccc(OC)cc1. The predicted molar refractivity (Wildman–Crippen MR) is 67.0 cm³/mol. The van der Waals surface area contributed by atoms with E-state index in [4.69, 9.17) is 4.74 Å². The van der Waals surface area contributed by atoms with Gasteiger partial charge in [0, 0.05) is 0 Å². The highest BCUT2D eigenvalue weighted by atomic mass is 16.5. The third-order valence-electron chi connectivity index (χ3n) is 3.80. The van der Waals surface area contributed by atoms with E-state index in [1.165, 1.54) is 12.0 Å². The van der Waals surface area contributed by atoms with Gasteiger partial charge in [-0.3, -0.25) is 0 Å². The first-order chi connectivity index (χ1) is 7.70. The van der Waals surface area contributed by atoms with Crippen molar-refractivity contribution in [1.29, 1.82) is 0 Å². The van der Waals surface area contributed by atoms with Crippen molar-refractivity contribution in [3.8, 4) is 5.75 Å². The summed E-state index contributed by atoms with van der Waals surface area (Å²) in [5, 5.41) is 3.43. The van der Waals surface area contributed by atoms with Gasteiger partial charge in [0.1, 0.15) is 5.75 Å². The number of hydrogen-bond acceptors (Lipinski definition) is 2. The summed E-state index contributed by atoms with van der Waals surface area (Å²) in [7, 11) is 1.71. The van der Waals surface area contributed by atoms with Gasteiger partial charge in [0.15, 0.2) is 0 Å². The van der Waals surface area contributed by atoms with E-state index in [9.17, 15) is 0 Å². The third kappa shape index (κ3) is 2.07. The zero-order valence-corrected chi connectivity index (χ0v) is 10.4. The molecule has 1 aromatic carbocycles. The van der Waals surface area contributed by atoms with E-state index in [1.807, 2.05) is 0 Å². The second kappa shape index (κ2) is 4.46. The zero-order chi connectivity index (χ0) is 11.6. The molecule has 0 saturated heterocycles. The van der Waals surface area contributed by atoms with Gasteiger partial charge in [0.2, 0.25) is 0 Å². The smallest absolute Gasteiger partial charge is 0.118 e. The van der Waals surface area contributed by atoms with Crippen LogP contribution in [0.3, 0.4) is 0 Å². The molecule has 2 heteroatoms. The minimum atomic E-state index is 0.383. The van der Waals surface area contributed by atoms with Crippen LogP contribution in [0.4, 0.5) is 0 Å². The summed E-state index contributed by atoms with van der Waals surface area (Å²) in [6, 6.07) is 8.52. The lowest BCUT2D eigenvalue weighted by Crippen LogP contribution is -2.19. The van der Waals surface area contributed by atoms with Crippen LogP contribution in [0.5, 0.6) is 5.75 Å². The Morgan fingerprint density at radius 3 is 2.62 bits per heavy atom. The highest BCUT2D eigenvalue weighted by Gasteiger charge is 2.50. The fraction of sp³-hybridized carbons (Fsp3) is 0.571. The van der Waals surface area contributed by atoms with Gasteiger partial charge in [0.05, 0.1) is 7.11 Å². The molecule has 1 saturated carbocycles. The number of benzene rings is 1. The lowest BCUT2D eigenvalue weighted by molar-refractivity contribution is 0.414. The molecular formula is C14H21NO. The predicted octanol–water partition coefficient (Wildman–Crippen LogP) is 2.58. The molecule has 2 nitrogen and oxygen atoms in total. The van der Waals surface area contributed by atoms with Crippen LogP contribution in [0.1, 0.15) is 25.8 Å². The normalized spacial score (nSPS) is 27.8. The first-order valence-corrected chi connectivity index (χ1v) is 6.06. The fourth-order valence-electron chi connectivity index (χ4n) is 2.39. The molecule has 1 fully saturated rings. The van der Waals surface area contributed by atoms with Gasteiger partial charge in [-0.2, -0.15) is 0 Å². The molecule has 0 spiro atoms. The lowest BCUT2D eigenvalue weighted by Gasteiger charge is -2.12. The van der Waals surface area contributed by atoms with Crippen molar-refractivity contribution in [2.75, 3.05) is 20.2 Å². The van der Waals surface area contributed by atoms with Gasteiger partial charge in [0.25, 0.3) is 0 Å². The van der Waals surface area contributed by atoms with Crippen LogP contribution in [0.15, 0.2) is 24.3 Å². The molecule has 0 bridgehead atoms. The average molecular weight is 219 g/mol. The first kappa shape index (κ1) is 11.5. The average Bonchev–Trinajstić information content (AvgIpc) is 2.99. The van der Waals surface area contributed by atoms with E-state index in [2.05, 4.69) is 43.4 Å². The van der Waals surface area contributed by atoms with E-state index < -0.39 is 0 Å². The monoisotopic (exact) mass is 219 g/mol. The minimum Gasteiger partial charge on any atom is -0.497 e. The van der Waals surface area contributed by atoms with E-state index >= 15 is 0 Å². The van der Waals surface area contributed by atoms with Gasteiger partial charge in [-0.25, -0.2) is 0 Å². The largest absolute Gasteiger partial charge is 0.497 e. The molecule has 1 N–H and O–H groups in total. The molecule has 0 heterocycles. The van der Waals surface area contributed by atoms with Crippen molar-refractivity contribution < 1.29 is 4.74 Å². The molecule has 16 heavy (non-hydrogen) atoms. The molecule has 1 aromatic rings. The van der Waals surface area contributed by atoms with Crippen LogP contribution in [0.25, 0.3) is 0 Å². The van der Waals surface area contributed by atoms with E-state index in [0.717, 1.165) is 24.8 Å². The van der Waals surface area contributed by atoms with Crippen molar-refractivity contribution in [2.24, 2.45) is 5.92 Å². The summed E-state index contributed by atoms with van der Waals surface area (Å²) in [6.07, 6.45) is 1.30. The van der Waals surface area contributed by atoms with Gasteiger partial charge < -0.3 is 10.1 Å². The summed E-state index contributed by atoms with van der Waals surface area (Å²) in [5.41, 5.74) is 1.82. The molecule has 2 atom stereocenters. The zero-order valence-electron chi connectivity index (χ0n) is 10.4. The fourth-order valence-corrected chi connectivity index (χ4v) is 2.39. The van der Waals surface area contributed by atoms with Crippen LogP contribution < -0.4 is 10.1 Å². The first-order valence-electron chi connectivity index (χ1n) is 6.06. The van der Waals surface area contributed by atoms with Crippen LogP contribution in [-0.4, -0.2) is 20.2 Å². The van der Waals surface area contributed by atoms with Crippen molar-refractivity contribution >= 4 is 0 Å². The number of ether oxygens (including phenoxy) is 1. The summed E-state index contributed by atoms with van der Waals surface area (Å²) >= 11 is 0. The van der Waals surface area contributed by atoms with Crippen molar-refractivity contribution in [1.82, 2.24) is 5.32 Å². The Hall–Kier alpha value is -1.02. The Balaban J connectivity index is 2.02. The third-order valence-corrected chi connectivity index (χ3v) is 3.80. The van der Waals surface area contributed by atoms with Gasteiger partial charge in [-0.1, -0.05) is 26.0 Å². The van der Waals surface area contributed by atoms with E-state index in [1.54, 1.807) is 7.11 Å². The molecule has 2 rings (SSSR count). The molecule has 88 valence electrons. The maximum absolute atomic E-state index is 5.18.